The van der Waals surface area contributed by atoms with Crippen molar-refractivity contribution in [2.45, 2.75) is 39.2 Å². The Morgan fingerprint density at radius 3 is 2.75 bits per heavy atom. The van der Waals surface area contributed by atoms with Crippen LogP contribution in [-0.2, 0) is 6.42 Å². The van der Waals surface area contributed by atoms with Gasteiger partial charge in [-0.2, -0.15) is 0 Å². The van der Waals surface area contributed by atoms with E-state index in [1.165, 1.54) is 10.4 Å². The summed E-state index contributed by atoms with van der Waals surface area (Å²) in [5.41, 5.74) is 1.42. The standard InChI is InChI=1S/C11H16N4S/c1-8(2)10-5-11(16-6-10)4-9(3)15-7-12-13-14-15/h5-9H,4H2,1-3H3. The molecule has 2 aromatic heterocycles. The summed E-state index contributed by atoms with van der Waals surface area (Å²) < 4.78 is 1.80. The molecule has 0 aliphatic heterocycles. The maximum absolute atomic E-state index is 3.91. The van der Waals surface area contributed by atoms with Crippen LogP contribution in [0.2, 0.25) is 0 Å². The smallest absolute Gasteiger partial charge is 0.138 e. The van der Waals surface area contributed by atoms with E-state index in [1.807, 2.05) is 11.3 Å². The molecular formula is C11H16N4S. The van der Waals surface area contributed by atoms with Crippen LogP contribution in [0, 0.1) is 0 Å². The van der Waals surface area contributed by atoms with E-state index in [4.69, 9.17) is 0 Å². The average molecular weight is 236 g/mol. The summed E-state index contributed by atoms with van der Waals surface area (Å²) in [6.07, 6.45) is 2.66. The third-order valence-electron chi connectivity index (χ3n) is 2.65. The molecule has 0 radical (unpaired) electrons. The fourth-order valence-corrected chi connectivity index (χ4v) is 2.73. The van der Waals surface area contributed by atoms with Crippen molar-refractivity contribution in [1.82, 2.24) is 20.2 Å². The van der Waals surface area contributed by atoms with Gasteiger partial charge in [0, 0.05) is 11.3 Å². The Bertz CT molecular complexity index is 433. The predicted molar refractivity (Wildman–Crippen MR) is 64.6 cm³/mol. The summed E-state index contributed by atoms with van der Waals surface area (Å²) in [6, 6.07) is 2.60. The molecule has 1 atom stereocenters. The predicted octanol–water partition coefficient (Wildman–Crippen LogP) is 2.66. The quantitative estimate of drug-likeness (QED) is 0.819. The van der Waals surface area contributed by atoms with Crippen LogP contribution in [-0.4, -0.2) is 20.2 Å². The van der Waals surface area contributed by atoms with Gasteiger partial charge in [-0.25, -0.2) is 4.68 Å². The van der Waals surface area contributed by atoms with E-state index in [0.29, 0.717) is 12.0 Å². The Morgan fingerprint density at radius 1 is 1.38 bits per heavy atom. The van der Waals surface area contributed by atoms with Crippen molar-refractivity contribution in [2.75, 3.05) is 0 Å². The van der Waals surface area contributed by atoms with E-state index >= 15 is 0 Å². The molecule has 1 unspecified atom stereocenters. The summed E-state index contributed by atoms with van der Waals surface area (Å²) >= 11 is 1.82. The van der Waals surface area contributed by atoms with Gasteiger partial charge in [-0.15, -0.1) is 16.4 Å². The van der Waals surface area contributed by atoms with Gasteiger partial charge in [-0.05, 0) is 40.3 Å². The van der Waals surface area contributed by atoms with Crippen molar-refractivity contribution in [3.05, 3.63) is 28.2 Å². The third kappa shape index (κ3) is 2.47. The Balaban J connectivity index is 2.03. The molecule has 0 bridgehead atoms. The van der Waals surface area contributed by atoms with Crippen molar-refractivity contribution in [3.8, 4) is 0 Å². The van der Waals surface area contributed by atoms with Crippen molar-refractivity contribution in [1.29, 1.82) is 0 Å². The van der Waals surface area contributed by atoms with E-state index in [-0.39, 0.29) is 0 Å². The zero-order valence-corrected chi connectivity index (χ0v) is 10.6. The number of aromatic nitrogens is 4. The summed E-state index contributed by atoms with van der Waals surface area (Å²) in [5, 5.41) is 13.5. The van der Waals surface area contributed by atoms with Crippen LogP contribution in [0.3, 0.4) is 0 Å². The highest BCUT2D eigenvalue weighted by molar-refractivity contribution is 7.10. The van der Waals surface area contributed by atoms with Crippen LogP contribution in [0.5, 0.6) is 0 Å². The minimum absolute atomic E-state index is 0.314. The second-order valence-electron chi connectivity index (χ2n) is 4.34. The molecule has 0 aliphatic rings. The molecule has 0 spiro atoms. The number of tetrazole rings is 1. The maximum atomic E-state index is 3.91. The molecule has 4 nitrogen and oxygen atoms in total. The average Bonchev–Trinajstić information content (AvgIpc) is 2.87. The number of rotatable bonds is 4. The van der Waals surface area contributed by atoms with Crippen molar-refractivity contribution >= 4 is 11.3 Å². The SMILES string of the molecule is CC(C)c1csc(CC(C)n2cnnn2)c1. The highest BCUT2D eigenvalue weighted by atomic mass is 32.1. The second-order valence-corrected chi connectivity index (χ2v) is 5.34. The van der Waals surface area contributed by atoms with Crippen LogP contribution in [0.4, 0.5) is 0 Å². The maximum Gasteiger partial charge on any atom is 0.138 e. The normalized spacial score (nSPS) is 13.2. The molecule has 0 amide bonds. The van der Waals surface area contributed by atoms with Gasteiger partial charge < -0.3 is 0 Å². The molecule has 2 rings (SSSR count). The highest BCUT2D eigenvalue weighted by Crippen LogP contribution is 2.24. The van der Waals surface area contributed by atoms with Gasteiger partial charge in [0.1, 0.15) is 6.33 Å². The molecule has 0 N–H and O–H groups in total. The highest BCUT2D eigenvalue weighted by Gasteiger charge is 2.10. The largest absolute Gasteiger partial charge is 0.229 e. The molecule has 5 heteroatoms. The Hall–Kier alpha value is -1.23. The molecule has 2 heterocycles. The first-order chi connectivity index (χ1) is 7.66. The fraction of sp³-hybridized carbons (Fsp3) is 0.545. The Labute approximate surface area is 99.3 Å². The lowest BCUT2D eigenvalue weighted by atomic mass is 10.1. The van der Waals surface area contributed by atoms with Crippen molar-refractivity contribution in [2.24, 2.45) is 0 Å². The summed E-state index contributed by atoms with van der Waals surface area (Å²) in [6.45, 7) is 6.57. The summed E-state index contributed by atoms with van der Waals surface area (Å²) in [7, 11) is 0. The van der Waals surface area contributed by atoms with Gasteiger partial charge >= 0.3 is 0 Å². The lowest BCUT2D eigenvalue weighted by molar-refractivity contribution is 0.477. The number of hydrogen-bond donors (Lipinski definition) is 0. The van der Waals surface area contributed by atoms with Crippen LogP contribution >= 0.6 is 11.3 Å². The zero-order chi connectivity index (χ0) is 11.5. The molecule has 2 aromatic rings. The summed E-state index contributed by atoms with van der Waals surface area (Å²) in [4.78, 5) is 1.40. The van der Waals surface area contributed by atoms with E-state index in [9.17, 15) is 0 Å². The minimum Gasteiger partial charge on any atom is -0.229 e. The molecule has 16 heavy (non-hydrogen) atoms. The van der Waals surface area contributed by atoms with Gasteiger partial charge in [-0.1, -0.05) is 13.8 Å². The first-order valence-electron chi connectivity index (χ1n) is 5.46. The number of thiophene rings is 1. The number of hydrogen-bond acceptors (Lipinski definition) is 4. The molecule has 0 aromatic carbocycles. The topological polar surface area (TPSA) is 43.6 Å². The molecule has 0 fully saturated rings. The molecular weight excluding hydrogens is 220 g/mol. The van der Waals surface area contributed by atoms with Crippen molar-refractivity contribution in [3.63, 3.8) is 0 Å². The van der Waals surface area contributed by atoms with Gasteiger partial charge in [0.05, 0.1) is 6.04 Å². The van der Waals surface area contributed by atoms with Gasteiger partial charge in [0.2, 0.25) is 0 Å². The van der Waals surface area contributed by atoms with Gasteiger partial charge in [-0.3, -0.25) is 0 Å². The van der Waals surface area contributed by atoms with Crippen LogP contribution in [0.1, 0.15) is 43.2 Å². The summed E-state index contributed by atoms with van der Waals surface area (Å²) in [5.74, 6) is 0.605. The zero-order valence-electron chi connectivity index (χ0n) is 9.79. The van der Waals surface area contributed by atoms with Crippen LogP contribution < -0.4 is 0 Å². The Kier molecular flexibility index (Phi) is 3.33. The first kappa shape index (κ1) is 11.3. The first-order valence-corrected chi connectivity index (χ1v) is 6.34. The van der Waals surface area contributed by atoms with E-state index < -0.39 is 0 Å². The number of nitrogens with zero attached hydrogens (tertiary/aromatic N) is 4. The molecule has 0 aliphatic carbocycles. The van der Waals surface area contributed by atoms with Crippen LogP contribution in [0.15, 0.2) is 17.8 Å². The van der Waals surface area contributed by atoms with E-state index in [0.717, 1.165) is 6.42 Å². The second kappa shape index (κ2) is 4.74. The lowest BCUT2D eigenvalue weighted by Gasteiger charge is -2.08. The lowest BCUT2D eigenvalue weighted by Crippen LogP contribution is -2.08. The molecule has 86 valence electrons. The monoisotopic (exact) mass is 236 g/mol. The third-order valence-corrected chi connectivity index (χ3v) is 3.63. The fourth-order valence-electron chi connectivity index (χ4n) is 1.56. The van der Waals surface area contributed by atoms with Crippen LogP contribution in [0.25, 0.3) is 0 Å². The van der Waals surface area contributed by atoms with E-state index in [2.05, 4.69) is 47.7 Å². The van der Waals surface area contributed by atoms with Gasteiger partial charge in [0.25, 0.3) is 0 Å². The molecule has 0 saturated carbocycles. The minimum atomic E-state index is 0.314. The van der Waals surface area contributed by atoms with Gasteiger partial charge in [0.15, 0.2) is 0 Å². The van der Waals surface area contributed by atoms with E-state index in [1.54, 1.807) is 11.0 Å². The van der Waals surface area contributed by atoms with Crippen molar-refractivity contribution < 1.29 is 0 Å². The molecule has 0 saturated heterocycles. The Morgan fingerprint density at radius 2 is 2.19 bits per heavy atom.